The second-order valence-electron chi connectivity index (χ2n) is 4.55. The van der Waals surface area contributed by atoms with Gasteiger partial charge in [0.05, 0.1) is 30.1 Å². The number of rotatable bonds is 2. The van der Waals surface area contributed by atoms with Crippen molar-refractivity contribution in [1.29, 1.82) is 0 Å². The molecule has 0 spiro atoms. The zero-order valence-corrected chi connectivity index (χ0v) is 10.2. The van der Waals surface area contributed by atoms with Crippen LogP contribution >= 0.6 is 0 Å². The number of nitrogens with one attached hydrogen (secondary N) is 1. The molecule has 5 heteroatoms. The lowest BCUT2D eigenvalue weighted by Crippen LogP contribution is -2.33. The van der Waals surface area contributed by atoms with Crippen molar-refractivity contribution in [3.63, 3.8) is 0 Å². The Bertz CT molecular complexity index is 601. The minimum absolute atomic E-state index is 0.254. The van der Waals surface area contributed by atoms with Gasteiger partial charge in [-0.15, -0.1) is 0 Å². The van der Waals surface area contributed by atoms with E-state index in [1.54, 1.807) is 6.07 Å². The summed E-state index contributed by atoms with van der Waals surface area (Å²) in [5.74, 6) is -0.254. The zero-order chi connectivity index (χ0) is 13.2. The van der Waals surface area contributed by atoms with Gasteiger partial charge in [-0.1, -0.05) is 24.3 Å². The van der Waals surface area contributed by atoms with Gasteiger partial charge in [0.1, 0.15) is 0 Å². The van der Waals surface area contributed by atoms with E-state index in [4.69, 9.17) is 0 Å². The predicted octanol–water partition coefficient (Wildman–Crippen LogP) is 0.865. The zero-order valence-electron chi connectivity index (χ0n) is 10.2. The Labute approximate surface area is 110 Å². The summed E-state index contributed by atoms with van der Waals surface area (Å²) in [7, 11) is 0. The Kier molecular flexibility index (Phi) is 2.97. The topological polar surface area (TPSA) is 75.1 Å². The first kappa shape index (κ1) is 11.8. The van der Waals surface area contributed by atoms with E-state index in [2.05, 4.69) is 15.5 Å². The Morgan fingerprint density at radius 1 is 1.26 bits per heavy atom. The molecule has 1 aliphatic rings. The van der Waals surface area contributed by atoms with Gasteiger partial charge in [-0.25, -0.2) is 0 Å². The lowest BCUT2D eigenvalue weighted by Gasteiger charge is -2.17. The monoisotopic (exact) mass is 255 g/mol. The highest BCUT2D eigenvalue weighted by Crippen LogP contribution is 2.31. The molecule has 0 unspecified atom stereocenters. The maximum Gasteiger partial charge on any atom is 0.253 e. The molecule has 1 aliphatic carbocycles. The van der Waals surface area contributed by atoms with E-state index in [0.29, 0.717) is 12.0 Å². The first-order valence-electron chi connectivity index (χ1n) is 6.09. The number of hydrogen-bond donors (Lipinski definition) is 2. The maximum atomic E-state index is 12.1. The van der Waals surface area contributed by atoms with Crippen molar-refractivity contribution < 1.29 is 9.90 Å². The van der Waals surface area contributed by atoms with E-state index in [1.165, 1.54) is 12.4 Å². The molecule has 2 atom stereocenters. The average molecular weight is 255 g/mol. The van der Waals surface area contributed by atoms with Crippen LogP contribution in [0, 0.1) is 0 Å². The first-order valence-corrected chi connectivity index (χ1v) is 6.09. The molecule has 19 heavy (non-hydrogen) atoms. The fourth-order valence-electron chi connectivity index (χ4n) is 2.40. The van der Waals surface area contributed by atoms with Crippen molar-refractivity contribution in [2.75, 3.05) is 0 Å². The largest absolute Gasteiger partial charge is 0.390 e. The van der Waals surface area contributed by atoms with Crippen LogP contribution < -0.4 is 5.32 Å². The van der Waals surface area contributed by atoms with Crippen LogP contribution in [0.5, 0.6) is 0 Å². The van der Waals surface area contributed by atoms with Gasteiger partial charge in [-0.2, -0.15) is 10.2 Å². The number of aliphatic hydroxyl groups excluding tert-OH is 1. The Balaban J connectivity index is 1.82. The normalized spacial score (nSPS) is 20.9. The molecule has 2 aromatic rings. The molecule has 1 aromatic carbocycles. The van der Waals surface area contributed by atoms with Crippen molar-refractivity contribution in [1.82, 2.24) is 15.5 Å². The number of carbonyl (C=O) groups excluding carboxylic acids is 1. The molecule has 96 valence electrons. The SMILES string of the molecule is O=C(N[C@H]1c2ccccc2C[C@H]1O)c1ccnnc1. The molecule has 0 radical (unpaired) electrons. The average Bonchev–Trinajstić information content (AvgIpc) is 2.76. The minimum Gasteiger partial charge on any atom is -0.390 e. The molecule has 5 nitrogen and oxygen atoms in total. The molecule has 1 amide bonds. The number of aliphatic hydroxyl groups is 1. The highest BCUT2D eigenvalue weighted by molar-refractivity contribution is 5.94. The summed E-state index contributed by atoms with van der Waals surface area (Å²) in [6, 6.07) is 8.97. The van der Waals surface area contributed by atoms with E-state index < -0.39 is 6.10 Å². The predicted molar refractivity (Wildman–Crippen MR) is 68.4 cm³/mol. The van der Waals surface area contributed by atoms with E-state index in [-0.39, 0.29) is 11.9 Å². The Hall–Kier alpha value is -2.27. The molecule has 1 aromatic heterocycles. The van der Waals surface area contributed by atoms with Crippen molar-refractivity contribution in [3.05, 3.63) is 59.4 Å². The van der Waals surface area contributed by atoms with E-state index in [9.17, 15) is 9.90 Å². The third-order valence-electron chi connectivity index (χ3n) is 3.34. The van der Waals surface area contributed by atoms with Crippen molar-refractivity contribution in [3.8, 4) is 0 Å². The van der Waals surface area contributed by atoms with E-state index in [0.717, 1.165) is 11.1 Å². The summed E-state index contributed by atoms with van der Waals surface area (Å²) in [5.41, 5.74) is 2.49. The van der Waals surface area contributed by atoms with Gasteiger partial charge >= 0.3 is 0 Å². The molecular weight excluding hydrogens is 242 g/mol. The number of nitrogens with zero attached hydrogens (tertiary/aromatic N) is 2. The van der Waals surface area contributed by atoms with E-state index >= 15 is 0 Å². The number of carbonyl (C=O) groups is 1. The number of benzene rings is 1. The standard InChI is InChI=1S/C14H13N3O2/c18-12-7-9-3-1-2-4-11(9)13(12)17-14(19)10-5-6-15-16-8-10/h1-6,8,12-13,18H,7H2,(H,17,19)/t12-,13+/m1/s1. The first-order chi connectivity index (χ1) is 9.25. The number of fused-ring (bicyclic) bond motifs is 1. The molecule has 0 saturated heterocycles. The molecule has 0 fully saturated rings. The summed E-state index contributed by atoms with van der Waals surface area (Å²) in [6.45, 7) is 0. The summed E-state index contributed by atoms with van der Waals surface area (Å²) in [5, 5.41) is 20.2. The molecular formula is C14H13N3O2. The van der Waals surface area contributed by atoms with Crippen LogP contribution in [0.4, 0.5) is 0 Å². The molecule has 2 N–H and O–H groups in total. The minimum atomic E-state index is -0.587. The summed E-state index contributed by atoms with van der Waals surface area (Å²) >= 11 is 0. The van der Waals surface area contributed by atoms with Crippen LogP contribution in [0.15, 0.2) is 42.7 Å². The fraction of sp³-hybridized carbons (Fsp3) is 0.214. The smallest absolute Gasteiger partial charge is 0.253 e. The van der Waals surface area contributed by atoms with Crippen LogP contribution in [0.1, 0.15) is 27.5 Å². The summed E-state index contributed by atoms with van der Waals surface area (Å²) in [6.07, 6.45) is 2.85. The lowest BCUT2D eigenvalue weighted by molar-refractivity contribution is 0.0857. The highest BCUT2D eigenvalue weighted by atomic mass is 16.3. The van der Waals surface area contributed by atoms with Crippen molar-refractivity contribution >= 4 is 5.91 Å². The van der Waals surface area contributed by atoms with Gasteiger partial charge in [0.2, 0.25) is 0 Å². The summed E-state index contributed by atoms with van der Waals surface area (Å²) < 4.78 is 0. The fourth-order valence-corrected chi connectivity index (χ4v) is 2.40. The summed E-state index contributed by atoms with van der Waals surface area (Å²) in [4.78, 5) is 12.1. The second kappa shape index (κ2) is 4.78. The van der Waals surface area contributed by atoms with Crippen LogP contribution in [0.25, 0.3) is 0 Å². The third-order valence-corrected chi connectivity index (χ3v) is 3.34. The third kappa shape index (κ3) is 2.20. The van der Waals surface area contributed by atoms with Gasteiger partial charge in [-0.3, -0.25) is 4.79 Å². The molecule has 3 rings (SSSR count). The van der Waals surface area contributed by atoms with Gasteiger partial charge in [-0.05, 0) is 17.2 Å². The second-order valence-corrected chi connectivity index (χ2v) is 4.55. The maximum absolute atomic E-state index is 12.1. The van der Waals surface area contributed by atoms with Crippen LogP contribution in [0.3, 0.4) is 0 Å². The molecule has 1 heterocycles. The molecule has 0 aliphatic heterocycles. The number of hydrogen-bond acceptors (Lipinski definition) is 4. The van der Waals surface area contributed by atoms with Crippen LogP contribution in [-0.4, -0.2) is 27.3 Å². The van der Waals surface area contributed by atoms with Gasteiger partial charge in [0.15, 0.2) is 0 Å². The van der Waals surface area contributed by atoms with Crippen molar-refractivity contribution in [2.45, 2.75) is 18.6 Å². The molecule has 0 saturated carbocycles. The number of aromatic nitrogens is 2. The van der Waals surface area contributed by atoms with Gasteiger partial charge < -0.3 is 10.4 Å². The van der Waals surface area contributed by atoms with Crippen LogP contribution in [-0.2, 0) is 6.42 Å². The van der Waals surface area contributed by atoms with E-state index in [1.807, 2.05) is 24.3 Å². The van der Waals surface area contributed by atoms with Gasteiger partial charge in [0.25, 0.3) is 5.91 Å². The van der Waals surface area contributed by atoms with Gasteiger partial charge in [0, 0.05) is 6.42 Å². The Morgan fingerprint density at radius 2 is 2.11 bits per heavy atom. The molecule has 0 bridgehead atoms. The lowest BCUT2D eigenvalue weighted by atomic mass is 10.1. The Morgan fingerprint density at radius 3 is 2.89 bits per heavy atom. The highest BCUT2D eigenvalue weighted by Gasteiger charge is 2.31. The van der Waals surface area contributed by atoms with Crippen LogP contribution in [0.2, 0.25) is 0 Å². The number of amides is 1. The van der Waals surface area contributed by atoms with Crippen molar-refractivity contribution in [2.24, 2.45) is 0 Å². The quantitative estimate of drug-likeness (QED) is 0.834.